The Kier molecular flexibility index (Phi) is 5.78. The van der Waals surface area contributed by atoms with Crippen LogP contribution in [0.4, 0.5) is 5.69 Å². The molecule has 0 spiro atoms. The number of rotatable bonds is 6. The van der Waals surface area contributed by atoms with Crippen molar-refractivity contribution in [1.82, 2.24) is 0 Å². The number of methoxy groups -OCH3 is 1. The van der Waals surface area contributed by atoms with Gasteiger partial charge in [0.2, 0.25) is 5.91 Å². The largest absolute Gasteiger partial charge is 0.497 e. The zero-order valence-corrected chi connectivity index (χ0v) is 15.3. The Morgan fingerprint density at radius 1 is 1.19 bits per heavy atom. The zero-order chi connectivity index (χ0) is 18.5. The molecule has 1 aliphatic rings. The fourth-order valence-corrected chi connectivity index (χ4v) is 3.11. The summed E-state index contributed by atoms with van der Waals surface area (Å²) in [6, 6.07) is 12.5. The van der Waals surface area contributed by atoms with Crippen LogP contribution in [-0.2, 0) is 16.0 Å². The molecule has 1 saturated heterocycles. The first kappa shape index (κ1) is 18.3. The van der Waals surface area contributed by atoms with Gasteiger partial charge in [-0.2, -0.15) is 0 Å². The molecule has 1 aliphatic heterocycles. The maximum Gasteiger partial charge on any atom is 0.338 e. The van der Waals surface area contributed by atoms with Gasteiger partial charge in [0.15, 0.2) is 0 Å². The van der Waals surface area contributed by atoms with Gasteiger partial charge in [-0.15, -0.1) is 0 Å². The average Bonchev–Trinajstić information content (AvgIpc) is 3.08. The van der Waals surface area contributed by atoms with E-state index < -0.39 is 5.97 Å². The van der Waals surface area contributed by atoms with Crippen molar-refractivity contribution in [2.75, 3.05) is 25.2 Å². The van der Waals surface area contributed by atoms with Gasteiger partial charge in [0, 0.05) is 19.4 Å². The second kappa shape index (κ2) is 8.23. The summed E-state index contributed by atoms with van der Waals surface area (Å²) in [5.74, 6) is 0.385. The van der Waals surface area contributed by atoms with E-state index in [2.05, 4.69) is 0 Å². The van der Waals surface area contributed by atoms with Crippen LogP contribution in [-0.4, -0.2) is 32.1 Å². The highest BCUT2D eigenvalue weighted by Gasteiger charge is 2.24. The number of esters is 1. The Morgan fingerprint density at radius 3 is 2.62 bits per heavy atom. The molecule has 26 heavy (non-hydrogen) atoms. The third kappa shape index (κ3) is 4.17. The number of carbonyl (C=O) groups excluding carboxylic acids is 2. The number of amides is 1. The van der Waals surface area contributed by atoms with Gasteiger partial charge in [0.05, 0.1) is 30.0 Å². The van der Waals surface area contributed by atoms with Crippen molar-refractivity contribution in [3.05, 3.63) is 58.6 Å². The predicted molar refractivity (Wildman–Crippen MR) is 100 cm³/mol. The van der Waals surface area contributed by atoms with Crippen LogP contribution in [0.3, 0.4) is 0 Å². The van der Waals surface area contributed by atoms with E-state index in [1.54, 1.807) is 30.2 Å². The SMILES string of the molecule is COc1ccc(CCOC(=O)c2ccc(Cl)c(N3CCCC3=O)c2)cc1. The van der Waals surface area contributed by atoms with Crippen LogP contribution in [0.5, 0.6) is 5.75 Å². The van der Waals surface area contributed by atoms with Crippen molar-refractivity contribution in [2.45, 2.75) is 19.3 Å². The Balaban J connectivity index is 1.61. The van der Waals surface area contributed by atoms with E-state index in [0.717, 1.165) is 17.7 Å². The van der Waals surface area contributed by atoms with E-state index in [1.165, 1.54) is 0 Å². The van der Waals surface area contributed by atoms with Crippen molar-refractivity contribution in [3.8, 4) is 5.75 Å². The Morgan fingerprint density at radius 2 is 1.96 bits per heavy atom. The molecule has 0 bridgehead atoms. The summed E-state index contributed by atoms with van der Waals surface area (Å²) in [7, 11) is 1.62. The lowest BCUT2D eigenvalue weighted by Gasteiger charge is -2.18. The smallest absolute Gasteiger partial charge is 0.338 e. The van der Waals surface area contributed by atoms with Gasteiger partial charge in [-0.05, 0) is 42.3 Å². The summed E-state index contributed by atoms with van der Waals surface area (Å²) in [5.41, 5.74) is 2.01. The predicted octanol–water partition coefficient (Wildman–Crippen LogP) is 3.87. The summed E-state index contributed by atoms with van der Waals surface area (Å²) < 4.78 is 10.5. The van der Waals surface area contributed by atoms with Crippen LogP contribution in [0.15, 0.2) is 42.5 Å². The first-order chi connectivity index (χ1) is 12.6. The van der Waals surface area contributed by atoms with Gasteiger partial charge < -0.3 is 14.4 Å². The molecule has 1 amide bonds. The Hall–Kier alpha value is -2.53. The topological polar surface area (TPSA) is 55.8 Å². The standard InChI is InChI=1S/C20H20ClNO4/c1-25-16-7-4-14(5-8-16)10-12-26-20(24)15-6-9-17(21)18(13-15)22-11-2-3-19(22)23/h4-9,13H,2-3,10-12H2,1H3. The summed E-state index contributed by atoms with van der Waals surface area (Å²) >= 11 is 6.20. The molecule has 1 heterocycles. The molecule has 6 heteroatoms. The highest BCUT2D eigenvalue weighted by Crippen LogP contribution is 2.30. The van der Waals surface area contributed by atoms with Gasteiger partial charge in [0.1, 0.15) is 5.75 Å². The van der Waals surface area contributed by atoms with E-state index in [1.807, 2.05) is 24.3 Å². The lowest BCUT2D eigenvalue weighted by Crippen LogP contribution is -2.24. The van der Waals surface area contributed by atoms with E-state index in [4.69, 9.17) is 21.1 Å². The third-order valence-corrected chi connectivity index (χ3v) is 4.65. The van der Waals surface area contributed by atoms with E-state index in [-0.39, 0.29) is 12.5 Å². The second-order valence-electron chi connectivity index (χ2n) is 6.05. The fourth-order valence-electron chi connectivity index (χ4n) is 2.89. The van der Waals surface area contributed by atoms with Crippen molar-refractivity contribution in [2.24, 2.45) is 0 Å². The average molecular weight is 374 g/mol. The minimum Gasteiger partial charge on any atom is -0.497 e. The molecule has 136 valence electrons. The molecule has 3 rings (SSSR count). The molecule has 0 aliphatic carbocycles. The summed E-state index contributed by atoms with van der Waals surface area (Å²) in [5, 5.41) is 0.454. The van der Waals surface area contributed by atoms with Gasteiger partial charge >= 0.3 is 5.97 Å². The number of carbonyl (C=O) groups is 2. The van der Waals surface area contributed by atoms with Crippen LogP contribution < -0.4 is 9.64 Å². The lowest BCUT2D eigenvalue weighted by molar-refractivity contribution is -0.117. The van der Waals surface area contributed by atoms with Crippen molar-refractivity contribution < 1.29 is 19.1 Å². The highest BCUT2D eigenvalue weighted by molar-refractivity contribution is 6.34. The first-order valence-corrected chi connectivity index (χ1v) is 8.86. The quantitative estimate of drug-likeness (QED) is 0.721. The minimum atomic E-state index is -0.428. The number of nitrogens with zero attached hydrogens (tertiary/aromatic N) is 1. The summed E-state index contributed by atoms with van der Waals surface area (Å²) in [6.45, 7) is 0.889. The van der Waals surface area contributed by atoms with E-state index in [0.29, 0.717) is 35.7 Å². The van der Waals surface area contributed by atoms with Crippen LogP contribution >= 0.6 is 11.6 Å². The van der Waals surface area contributed by atoms with Crippen LogP contribution in [0, 0.1) is 0 Å². The molecule has 0 unspecified atom stereocenters. The Labute approximate surface area is 157 Å². The molecule has 2 aromatic rings. The maximum absolute atomic E-state index is 12.3. The monoisotopic (exact) mass is 373 g/mol. The lowest BCUT2D eigenvalue weighted by atomic mass is 10.1. The van der Waals surface area contributed by atoms with Gasteiger partial charge in [-0.25, -0.2) is 4.79 Å². The van der Waals surface area contributed by atoms with Gasteiger partial charge in [0.25, 0.3) is 0 Å². The molecule has 5 nitrogen and oxygen atoms in total. The molecule has 0 atom stereocenters. The van der Waals surface area contributed by atoms with E-state index >= 15 is 0 Å². The molecular formula is C20H20ClNO4. The molecule has 1 fully saturated rings. The maximum atomic E-state index is 12.3. The minimum absolute atomic E-state index is 0.0249. The van der Waals surface area contributed by atoms with E-state index in [9.17, 15) is 9.59 Å². The molecule has 0 radical (unpaired) electrons. The van der Waals surface area contributed by atoms with Crippen molar-refractivity contribution in [1.29, 1.82) is 0 Å². The van der Waals surface area contributed by atoms with Crippen molar-refractivity contribution in [3.63, 3.8) is 0 Å². The molecule has 0 saturated carbocycles. The number of anilines is 1. The van der Waals surface area contributed by atoms with Crippen LogP contribution in [0.25, 0.3) is 0 Å². The fraction of sp³-hybridized carbons (Fsp3) is 0.300. The number of hydrogen-bond acceptors (Lipinski definition) is 4. The normalized spacial score (nSPS) is 13.8. The Bertz CT molecular complexity index is 804. The molecule has 0 N–H and O–H groups in total. The first-order valence-electron chi connectivity index (χ1n) is 8.48. The zero-order valence-electron chi connectivity index (χ0n) is 14.5. The number of hydrogen-bond donors (Lipinski definition) is 0. The number of ether oxygens (including phenoxy) is 2. The highest BCUT2D eigenvalue weighted by atomic mass is 35.5. The van der Waals surface area contributed by atoms with Gasteiger partial charge in [-0.1, -0.05) is 23.7 Å². The van der Waals surface area contributed by atoms with Crippen molar-refractivity contribution >= 4 is 29.2 Å². The molecular weight excluding hydrogens is 354 g/mol. The number of benzene rings is 2. The number of halogens is 1. The summed E-state index contributed by atoms with van der Waals surface area (Å²) in [6.07, 6.45) is 1.92. The molecule has 0 aromatic heterocycles. The van der Waals surface area contributed by atoms with Crippen LogP contribution in [0.2, 0.25) is 5.02 Å². The third-order valence-electron chi connectivity index (χ3n) is 4.33. The van der Waals surface area contributed by atoms with Crippen LogP contribution in [0.1, 0.15) is 28.8 Å². The summed E-state index contributed by atoms with van der Waals surface area (Å²) in [4.78, 5) is 25.9. The molecule has 2 aromatic carbocycles. The second-order valence-corrected chi connectivity index (χ2v) is 6.46. The van der Waals surface area contributed by atoms with Gasteiger partial charge in [-0.3, -0.25) is 4.79 Å².